The average molecular weight is 480 g/mol. The minimum atomic E-state index is -4.76. The lowest BCUT2D eigenvalue weighted by atomic mass is 10.2. The van der Waals surface area contributed by atoms with Gasteiger partial charge < -0.3 is 19.3 Å². The summed E-state index contributed by atoms with van der Waals surface area (Å²) < 4.78 is 46.9. The highest BCUT2D eigenvalue weighted by molar-refractivity contribution is 5.85. The Balaban J connectivity index is 1.63. The molecular formula is C23H27F3N4O4. The Morgan fingerprint density at radius 1 is 1.18 bits per heavy atom. The van der Waals surface area contributed by atoms with E-state index < -0.39 is 12.5 Å². The van der Waals surface area contributed by atoms with Crippen LogP contribution in [0, 0.1) is 0 Å². The predicted molar refractivity (Wildman–Crippen MR) is 115 cm³/mol. The molecule has 2 heterocycles. The molecule has 11 heteroatoms. The van der Waals surface area contributed by atoms with Gasteiger partial charge in [0, 0.05) is 44.1 Å². The second-order valence-electron chi connectivity index (χ2n) is 8.24. The van der Waals surface area contributed by atoms with Crippen LogP contribution in [0.4, 0.5) is 13.2 Å². The smallest absolute Gasteiger partial charge is 0.406 e. The van der Waals surface area contributed by atoms with E-state index in [9.17, 15) is 22.8 Å². The van der Waals surface area contributed by atoms with Crippen LogP contribution >= 0.6 is 0 Å². The van der Waals surface area contributed by atoms with Crippen LogP contribution in [-0.4, -0.2) is 69.7 Å². The first-order valence-electron chi connectivity index (χ1n) is 10.9. The standard InChI is InChI=1S/C23H27F3N4O4/c1-16(2)30-13-20(33-15-17-3-6-19(7-4-17)34-23(24,25)26)12-29(14-22(30)32)21(31)8-5-18-11-27-9-10-28-18/h3-4,6-7,9-11,16,20H,5,8,12-15H2,1-2H3/t20-/m1/s1. The van der Waals surface area contributed by atoms with Crippen LogP contribution in [-0.2, 0) is 27.4 Å². The molecule has 1 aromatic carbocycles. The molecule has 2 aromatic rings. The Morgan fingerprint density at radius 2 is 1.91 bits per heavy atom. The minimum Gasteiger partial charge on any atom is -0.406 e. The molecule has 3 rings (SSSR count). The molecule has 184 valence electrons. The molecule has 0 unspecified atom stereocenters. The van der Waals surface area contributed by atoms with Gasteiger partial charge in [0.25, 0.3) is 0 Å². The molecule has 0 bridgehead atoms. The van der Waals surface area contributed by atoms with Crippen molar-refractivity contribution in [2.24, 2.45) is 0 Å². The van der Waals surface area contributed by atoms with Crippen molar-refractivity contribution in [2.75, 3.05) is 19.6 Å². The quantitative estimate of drug-likeness (QED) is 0.578. The second-order valence-corrected chi connectivity index (χ2v) is 8.24. The number of rotatable bonds is 8. The van der Waals surface area contributed by atoms with Crippen molar-refractivity contribution >= 4 is 11.8 Å². The lowest BCUT2D eigenvalue weighted by Gasteiger charge is -2.27. The number of halogens is 3. The zero-order valence-corrected chi connectivity index (χ0v) is 19.0. The Hall–Kier alpha value is -3.21. The van der Waals surface area contributed by atoms with E-state index in [1.54, 1.807) is 23.5 Å². The van der Waals surface area contributed by atoms with Crippen molar-refractivity contribution in [3.8, 4) is 5.75 Å². The summed E-state index contributed by atoms with van der Waals surface area (Å²) >= 11 is 0. The molecule has 8 nitrogen and oxygen atoms in total. The molecule has 2 amide bonds. The number of nitrogens with zero attached hydrogens (tertiary/aromatic N) is 4. The van der Waals surface area contributed by atoms with E-state index in [-0.39, 0.29) is 49.7 Å². The van der Waals surface area contributed by atoms with E-state index >= 15 is 0 Å². The second kappa shape index (κ2) is 11.3. The summed E-state index contributed by atoms with van der Waals surface area (Å²) in [5.41, 5.74) is 1.33. The van der Waals surface area contributed by atoms with E-state index in [2.05, 4.69) is 14.7 Å². The largest absolute Gasteiger partial charge is 0.573 e. The molecule has 34 heavy (non-hydrogen) atoms. The molecule has 1 aliphatic heterocycles. The highest BCUT2D eigenvalue weighted by Crippen LogP contribution is 2.23. The summed E-state index contributed by atoms with van der Waals surface area (Å²) in [5.74, 6) is -0.670. The third-order valence-corrected chi connectivity index (χ3v) is 5.30. The summed E-state index contributed by atoms with van der Waals surface area (Å²) in [4.78, 5) is 36.9. The van der Waals surface area contributed by atoms with Gasteiger partial charge in [-0.15, -0.1) is 13.2 Å². The third kappa shape index (κ3) is 7.68. The van der Waals surface area contributed by atoms with E-state index in [0.29, 0.717) is 24.2 Å². The molecule has 1 aliphatic rings. The highest BCUT2D eigenvalue weighted by atomic mass is 19.4. The maximum atomic E-state index is 12.9. The molecule has 1 saturated heterocycles. The monoisotopic (exact) mass is 480 g/mol. The van der Waals surface area contributed by atoms with E-state index in [1.165, 1.54) is 29.2 Å². The molecule has 0 N–H and O–H groups in total. The van der Waals surface area contributed by atoms with Crippen molar-refractivity contribution in [2.45, 2.75) is 51.8 Å². The Labute approximate surface area is 195 Å². The maximum Gasteiger partial charge on any atom is 0.573 e. The lowest BCUT2D eigenvalue weighted by molar-refractivity contribution is -0.274. The molecular weight excluding hydrogens is 453 g/mol. The van der Waals surface area contributed by atoms with Gasteiger partial charge in [-0.25, -0.2) is 0 Å². The van der Waals surface area contributed by atoms with Crippen LogP contribution in [0.1, 0.15) is 31.5 Å². The number of hydrogen-bond donors (Lipinski definition) is 0. The fourth-order valence-corrected chi connectivity index (χ4v) is 3.59. The summed E-state index contributed by atoms with van der Waals surface area (Å²) in [5, 5.41) is 0. The van der Waals surface area contributed by atoms with Gasteiger partial charge in [-0.3, -0.25) is 19.6 Å². The minimum absolute atomic E-state index is 0.0409. The topological polar surface area (TPSA) is 84.9 Å². The number of carbonyl (C=O) groups is 2. The number of aromatic nitrogens is 2. The van der Waals surface area contributed by atoms with Gasteiger partial charge in [-0.2, -0.15) is 0 Å². The Bertz CT molecular complexity index is 955. The van der Waals surface area contributed by atoms with Crippen molar-refractivity contribution in [1.29, 1.82) is 0 Å². The van der Waals surface area contributed by atoms with Crippen LogP contribution < -0.4 is 4.74 Å². The number of benzene rings is 1. The fraction of sp³-hybridized carbons (Fsp3) is 0.478. The lowest BCUT2D eigenvalue weighted by Crippen LogP contribution is -2.42. The number of alkyl halides is 3. The van der Waals surface area contributed by atoms with E-state index in [4.69, 9.17) is 4.74 Å². The summed E-state index contributed by atoms with van der Waals surface area (Å²) in [6.07, 6.45) is 0.0801. The van der Waals surface area contributed by atoms with Crippen molar-refractivity contribution in [3.05, 3.63) is 54.1 Å². The van der Waals surface area contributed by atoms with Crippen LogP contribution in [0.5, 0.6) is 5.75 Å². The Morgan fingerprint density at radius 3 is 2.53 bits per heavy atom. The molecule has 0 radical (unpaired) electrons. The maximum absolute atomic E-state index is 12.9. The number of aryl methyl sites for hydroxylation is 1. The predicted octanol–water partition coefficient (Wildman–Crippen LogP) is 2.97. The van der Waals surface area contributed by atoms with Crippen molar-refractivity contribution in [3.63, 3.8) is 0 Å². The first kappa shape index (κ1) is 25.4. The third-order valence-electron chi connectivity index (χ3n) is 5.30. The van der Waals surface area contributed by atoms with Crippen LogP contribution in [0.2, 0.25) is 0 Å². The van der Waals surface area contributed by atoms with Gasteiger partial charge in [-0.05, 0) is 38.0 Å². The zero-order valence-electron chi connectivity index (χ0n) is 19.0. The first-order chi connectivity index (χ1) is 16.1. The van der Waals surface area contributed by atoms with Gasteiger partial charge in [0.2, 0.25) is 11.8 Å². The molecule has 0 aliphatic carbocycles. The SMILES string of the molecule is CC(C)N1C[C@H](OCc2ccc(OC(F)(F)F)cc2)CN(C(=O)CCc2cnccn2)CC1=O. The zero-order chi connectivity index (χ0) is 24.7. The molecule has 0 saturated carbocycles. The van der Waals surface area contributed by atoms with Gasteiger partial charge in [0.15, 0.2) is 0 Å². The number of carbonyl (C=O) groups excluding carboxylic acids is 2. The van der Waals surface area contributed by atoms with Crippen LogP contribution in [0.15, 0.2) is 42.9 Å². The van der Waals surface area contributed by atoms with E-state index in [1.807, 2.05) is 13.8 Å². The van der Waals surface area contributed by atoms with E-state index in [0.717, 1.165) is 0 Å². The Kier molecular flexibility index (Phi) is 8.43. The first-order valence-corrected chi connectivity index (χ1v) is 10.9. The van der Waals surface area contributed by atoms with Crippen LogP contribution in [0.3, 0.4) is 0 Å². The number of hydrogen-bond acceptors (Lipinski definition) is 6. The van der Waals surface area contributed by atoms with Gasteiger partial charge >= 0.3 is 6.36 Å². The van der Waals surface area contributed by atoms with Gasteiger partial charge in [-0.1, -0.05) is 12.1 Å². The molecule has 1 atom stereocenters. The molecule has 1 fully saturated rings. The fourth-order valence-electron chi connectivity index (χ4n) is 3.59. The van der Waals surface area contributed by atoms with Gasteiger partial charge in [0.05, 0.1) is 24.9 Å². The van der Waals surface area contributed by atoms with Crippen molar-refractivity contribution < 1.29 is 32.2 Å². The summed E-state index contributed by atoms with van der Waals surface area (Å²) in [6, 6.07) is 5.31. The normalized spacial score (nSPS) is 17.1. The number of amides is 2. The summed E-state index contributed by atoms with van der Waals surface area (Å²) in [6.45, 7) is 4.38. The average Bonchev–Trinajstić information content (AvgIpc) is 2.95. The molecule has 1 aromatic heterocycles. The van der Waals surface area contributed by atoms with Gasteiger partial charge in [0.1, 0.15) is 5.75 Å². The molecule has 0 spiro atoms. The summed E-state index contributed by atoms with van der Waals surface area (Å²) in [7, 11) is 0. The highest BCUT2D eigenvalue weighted by Gasteiger charge is 2.32. The van der Waals surface area contributed by atoms with Crippen molar-refractivity contribution in [1.82, 2.24) is 19.8 Å². The van der Waals surface area contributed by atoms with Crippen LogP contribution in [0.25, 0.3) is 0 Å². The number of ether oxygens (including phenoxy) is 2.